The summed E-state index contributed by atoms with van der Waals surface area (Å²) in [5, 5.41) is 0. The maximum absolute atomic E-state index is 14.8. The van der Waals surface area contributed by atoms with Crippen LogP contribution < -0.4 is 0 Å². The molecule has 0 aromatic heterocycles. The number of hydrogen-bond donors (Lipinski definition) is 1. The molecule has 2 unspecified atom stereocenters. The molecular weight excluding hydrogens is 298 g/mol. The van der Waals surface area contributed by atoms with Crippen LogP contribution in [0.25, 0.3) is 0 Å². The fourth-order valence-electron chi connectivity index (χ4n) is 2.95. The minimum Gasteiger partial charge on any atom is -0.282 e. The molecule has 0 fully saturated rings. The monoisotopic (exact) mass is 322 g/mol. The van der Waals surface area contributed by atoms with E-state index in [2.05, 4.69) is 0 Å². The van der Waals surface area contributed by atoms with Crippen LogP contribution in [0.5, 0.6) is 0 Å². The van der Waals surface area contributed by atoms with Crippen LogP contribution in [0.4, 0.5) is 8.78 Å². The first-order valence-electron chi connectivity index (χ1n) is 7.16. The van der Waals surface area contributed by atoms with E-state index in [4.69, 9.17) is 0 Å². The summed E-state index contributed by atoms with van der Waals surface area (Å²) in [6.45, 7) is 9.95. The van der Waals surface area contributed by atoms with Crippen molar-refractivity contribution in [1.82, 2.24) is 0 Å². The molecule has 0 saturated heterocycles. The van der Waals surface area contributed by atoms with Crippen molar-refractivity contribution in [3.05, 3.63) is 21.9 Å². The maximum atomic E-state index is 14.8. The number of alkyl halides is 1. The third-order valence-corrected chi connectivity index (χ3v) is 4.91. The average molecular weight is 322 g/mol. The van der Waals surface area contributed by atoms with Crippen LogP contribution in [0, 0.1) is 23.7 Å². The molecule has 0 aromatic rings. The van der Waals surface area contributed by atoms with Crippen LogP contribution in [0.2, 0.25) is 0 Å². The molecule has 0 heterocycles. The van der Waals surface area contributed by atoms with Crippen LogP contribution in [-0.2, 0) is 10.1 Å². The first-order chi connectivity index (χ1) is 9.41. The fourth-order valence-corrected chi connectivity index (χ4v) is 4.29. The van der Waals surface area contributed by atoms with Crippen molar-refractivity contribution in [1.29, 1.82) is 0 Å². The normalized spacial score (nSPS) is 24.8. The van der Waals surface area contributed by atoms with E-state index in [-0.39, 0.29) is 23.0 Å². The van der Waals surface area contributed by atoms with Gasteiger partial charge in [-0.2, -0.15) is 8.42 Å². The molecule has 122 valence electrons. The molecule has 1 N–H and O–H groups in total. The Morgan fingerprint density at radius 1 is 1.05 bits per heavy atom. The van der Waals surface area contributed by atoms with Crippen molar-refractivity contribution in [2.45, 2.75) is 47.7 Å². The van der Waals surface area contributed by atoms with Gasteiger partial charge >= 0.3 is 0 Å². The van der Waals surface area contributed by atoms with E-state index in [1.807, 2.05) is 0 Å². The molecule has 21 heavy (non-hydrogen) atoms. The van der Waals surface area contributed by atoms with Gasteiger partial charge in [-0.25, -0.2) is 8.78 Å². The highest BCUT2D eigenvalue weighted by atomic mass is 32.2. The van der Waals surface area contributed by atoms with E-state index in [1.165, 1.54) is 0 Å². The minimum atomic E-state index is -4.66. The summed E-state index contributed by atoms with van der Waals surface area (Å²) in [6.07, 6.45) is -1.75. The van der Waals surface area contributed by atoms with Crippen LogP contribution >= 0.6 is 0 Å². The molecule has 6 heteroatoms. The van der Waals surface area contributed by atoms with E-state index >= 15 is 0 Å². The van der Waals surface area contributed by atoms with Crippen molar-refractivity contribution in [3.8, 4) is 0 Å². The molecule has 1 rings (SSSR count). The predicted octanol–water partition coefficient (Wildman–Crippen LogP) is 4.29. The standard InChI is InChI=1S/C15H24F2O3S/c1-7(2)10-13(16)11(8(3)4)15(21(18,19)20)12(9(5)6)14(10)17/h7-9,11,13H,1-6H3,(H,18,19,20). The molecule has 0 radical (unpaired) electrons. The van der Waals surface area contributed by atoms with Crippen LogP contribution in [0.15, 0.2) is 21.9 Å². The van der Waals surface area contributed by atoms with Crippen LogP contribution in [0.3, 0.4) is 0 Å². The average Bonchev–Trinajstić information content (AvgIpc) is 2.24. The van der Waals surface area contributed by atoms with Crippen molar-refractivity contribution in [2.75, 3.05) is 0 Å². The number of halogens is 2. The first kappa shape index (κ1) is 18.3. The molecule has 0 spiro atoms. The van der Waals surface area contributed by atoms with Gasteiger partial charge in [-0.05, 0) is 17.8 Å². The molecule has 0 amide bonds. The lowest BCUT2D eigenvalue weighted by Gasteiger charge is -2.36. The molecule has 0 saturated carbocycles. The van der Waals surface area contributed by atoms with Gasteiger partial charge in [0.1, 0.15) is 12.0 Å². The Morgan fingerprint density at radius 3 is 1.81 bits per heavy atom. The summed E-state index contributed by atoms with van der Waals surface area (Å²) >= 11 is 0. The molecule has 0 aromatic carbocycles. The quantitative estimate of drug-likeness (QED) is 0.786. The number of rotatable bonds is 4. The van der Waals surface area contributed by atoms with Crippen LogP contribution in [-0.4, -0.2) is 19.1 Å². The van der Waals surface area contributed by atoms with E-state index in [1.54, 1.807) is 41.5 Å². The second kappa shape index (κ2) is 6.16. The summed E-state index contributed by atoms with van der Waals surface area (Å²) in [7, 11) is -4.66. The van der Waals surface area contributed by atoms with Crippen molar-refractivity contribution < 1.29 is 21.8 Å². The molecular formula is C15H24F2O3S. The highest BCUT2D eigenvalue weighted by Gasteiger charge is 2.45. The third-order valence-electron chi connectivity index (χ3n) is 3.87. The molecule has 0 aliphatic heterocycles. The lowest BCUT2D eigenvalue weighted by molar-refractivity contribution is 0.222. The van der Waals surface area contributed by atoms with E-state index in [0.29, 0.717) is 0 Å². The summed E-state index contributed by atoms with van der Waals surface area (Å²) < 4.78 is 62.4. The minimum absolute atomic E-state index is 0.00944. The topological polar surface area (TPSA) is 54.4 Å². The molecule has 2 atom stereocenters. The van der Waals surface area contributed by atoms with E-state index in [9.17, 15) is 21.8 Å². The van der Waals surface area contributed by atoms with Gasteiger partial charge in [-0.1, -0.05) is 41.5 Å². The lowest BCUT2D eigenvalue weighted by atomic mass is 9.75. The fraction of sp³-hybridized carbons (Fsp3) is 0.733. The van der Waals surface area contributed by atoms with Gasteiger partial charge in [0.2, 0.25) is 0 Å². The Hall–Kier alpha value is -0.750. The van der Waals surface area contributed by atoms with Gasteiger partial charge in [0.15, 0.2) is 0 Å². The van der Waals surface area contributed by atoms with Gasteiger partial charge in [0.25, 0.3) is 10.1 Å². The second-order valence-corrected chi connectivity index (χ2v) is 7.89. The van der Waals surface area contributed by atoms with Crippen molar-refractivity contribution in [3.63, 3.8) is 0 Å². The predicted molar refractivity (Wildman–Crippen MR) is 79.6 cm³/mol. The summed E-state index contributed by atoms with van der Waals surface area (Å²) in [5.41, 5.74) is -0.0985. The zero-order valence-electron chi connectivity index (χ0n) is 13.3. The second-order valence-electron chi connectivity index (χ2n) is 6.50. The van der Waals surface area contributed by atoms with Crippen molar-refractivity contribution >= 4 is 10.1 Å². The number of allylic oxidation sites excluding steroid dienone is 4. The Balaban J connectivity index is 3.82. The summed E-state index contributed by atoms with van der Waals surface area (Å²) in [5.74, 6) is -3.11. The van der Waals surface area contributed by atoms with Crippen LogP contribution in [0.1, 0.15) is 41.5 Å². The first-order valence-corrected chi connectivity index (χ1v) is 8.60. The number of hydrogen-bond acceptors (Lipinski definition) is 2. The van der Waals surface area contributed by atoms with E-state index in [0.717, 1.165) is 0 Å². The van der Waals surface area contributed by atoms with Gasteiger partial charge in [-0.15, -0.1) is 0 Å². The maximum Gasteiger partial charge on any atom is 0.291 e. The highest BCUT2D eigenvalue weighted by Crippen LogP contribution is 2.47. The zero-order valence-corrected chi connectivity index (χ0v) is 14.1. The van der Waals surface area contributed by atoms with Gasteiger partial charge < -0.3 is 0 Å². The summed E-state index contributed by atoms with van der Waals surface area (Å²) in [6, 6.07) is 0. The van der Waals surface area contributed by atoms with E-state index < -0.39 is 38.9 Å². The molecule has 1 aliphatic rings. The SMILES string of the molecule is CC(C)C1=C(S(=O)(=O)O)C(C(C)C)C(F)C(C(C)C)=C1F. The Kier molecular flexibility index (Phi) is 5.37. The highest BCUT2D eigenvalue weighted by molar-refractivity contribution is 7.89. The molecule has 0 bridgehead atoms. The Bertz CT molecular complexity index is 572. The largest absolute Gasteiger partial charge is 0.291 e. The Labute approximate surface area is 125 Å². The third kappa shape index (κ3) is 3.37. The lowest BCUT2D eigenvalue weighted by Crippen LogP contribution is -2.36. The molecule has 1 aliphatic carbocycles. The van der Waals surface area contributed by atoms with Gasteiger partial charge in [-0.3, -0.25) is 4.55 Å². The molecule has 3 nitrogen and oxygen atoms in total. The van der Waals surface area contributed by atoms with Gasteiger partial charge in [0, 0.05) is 17.1 Å². The van der Waals surface area contributed by atoms with Crippen molar-refractivity contribution in [2.24, 2.45) is 23.7 Å². The smallest absolute Gasteiger partial charge is 0.282 e. The Morgan fingerprint density at radius 2 is 1.52 bits per heavy atom. The summed E-state index contributed by atoms with van der Waals surface area (Å²) in [4.78, 5) is -0.498. The zero-order chi connectivity index (χ0) is 16.7. The van der Waals surface area contributed by atoms with Gasteiger partial charge in [0.05, 0.1) is 4.91 Å².